The number of anilines is 1. The van der Waals surface area contributed by atoms with Gasteiger partial charge in [0.1, 0.15) is 0 Å². The van der Waals surface area contributed by atoms with Gasteiger partial charge in [0.15, 0.2) is 5.78 Å². The molecule has 2 saturated heterocycles. The molecule has 2 aliphatic rings. The summed E-state index contributed by atoms with van der Waals surface area (Å²) in [6.07, 6.45) is 0. The molecular formula is C15H21N3O. The number of hydrogen-bond donors (Lipinski definition) is 1. The summed E-state index contributed by atoms with van der Waals surface area (Å²) in [5, 5.41) is 3.46. The molecule has 0 spiro atoms. The molecule has 0 aromatic heterocycles. The van der Waals surface area contributed by atoms with Gasteiger partial charge in [-0.3, -0.25) is 9.69 Å². The fourth-order valence-corrected chi connectivity index (χ4v) is 3.03. The van der Waals surface area contributed by atoms with Crippen LogP contribution < -0.4 is 10.2 Å². The van der Waals surface area contributed by atoms with Gasteiger partial charge in [0.2, 0.25) is 0 Å². The van der Waals surface area contributed by atoms with E-state index in [0.717, 1.165) is 44.8 Å². The first-order valence-electron chi connectivity index (χ1n) is 7.05. The Morgan fingerprint density at radius 3 is 3.05 bits per heavy atom. The van der Waals surface area contributed by atoms with E-state index in [-0.39, 0.29) is 5.78 Å². The van der Waals surface area contributed by atoms with Crippen LogP contribution in [0.2, 0.25) is 0 Å². The minimum absolute atomic E-state index is 0.139. The summed E-state index contributed by atoms with van der Waals surface area (Å²) in [5.74, 6) is 0.139. The number of benzene rings is 1. The molecule has 4 nitrogen and oxygen atoms in total. The van der Waals surface area contributed by atoms with Crippen molar-refractivity contribution in [2.75, 3.05) is 44.2 Å². The maximum absolute atomic E-state index is 11.5. The third-order valence-corrected chi connectivity index (χ3v) is 4.18. The zero-order valence-electron chi connectivity index (χ0n) is 11.4. The van der Waals surface area contributed by atoms with Gasteiger partial charge < -0.3 is 10.2 Å². The molecule has 1 aromatic rings. The number of nitrogens with zero attached hydrogens (tertiary/aromatic N) is 2. The number of rotatable bonds is 2. The van der Waals surface area contributed by atoms with Crippen LogP contribution in [0.1, 0.15) is 17.3 Å². The van der Waals surface area contributed by atoms with E-state index < -0.39 is 0 Å². The highest BCUT2D eigenvalue weighted by atomic mass is 16.1. The first-order valence-corrected chi connectivity index (χ1v) is 7.05. The van der Waals surface area contributed by atoms with Gasteiger partial charge in [0.25, 0.3) is 0 Å². The minimum Gasteiger partial charge on any atom is -0.369 e. The fraction of sp³-hybridized carbons (Fsp3) is 0.533. The summed E-state index contributed by atoms with van der Waals surface area (Å²) < 4.78 is 0. The van der Waals surface area contributed by atoms with Crippen LogP contribution >= 0.6 is 0 Å². The Labute approximate surface area is 114 Å². The van der Waals surface area contributed by atoms with Crippen molar-refractivity contribution in [3.63, 3.8) is 0 Å². The molecule has 2 heterocycles. The van der Waals surface area contributed by atoms with Crippen LogP contribution in [0.15, 0.2) is 24.3 Å². The highest BCUT2D eigenvalue weighted by Crippen LogP contribution is 2.21. The highest BCUT2D eigenvalue weighted by molar-refractivity contribution is 5.94. The molecule has 0 bridgehead atoms. The maximum atomic E-state index is 11.5. The van der Waals surface area contributed by atoms with Crippen LogP contribution in [0.3, 0.4) is 0 Å². The second-order valence-electron chi connectivity index (χ2n) is 5.45. The van der Waals surface area contributed by atoms with Crippen LogP contribution in [-0.4, -0.2) is 56.0 Å². The van der Waals surface area contributed by atoms with E-state index in [2.05, 4.69) is 21.2 Å². The third kappa shape index (κ3) is 2.65. The molecule has 1 aromatic carbocycles. The van der Waals surface area contributed by atoms with E-state index >= 15 is 0 Å². The molecule has 1 unspecified atom stereocenters. The molecule has 102 valence electrons. The van der Waals surface area contributed by atoms with Crippen LogP contribution in [0.25, 0.3) is 0 Å². The van der Waals surface area contributed by atoms with Gasteiger partial charge in [-0.05, 0) is 19.1 Å². The largest absolute Gasteiger partial charge is 0.369 e. The smallest absolute Gasteiger partial charge is 0.159 e. The zero-order chi connectivity index (χ0) is 13.2. The van der Waals surface area contributed by atoms with Crippen LogP contribution in [-0.2, 0) is 0 Å². The molecule has 0 radical (unpaired) electrons. The van der Waals surface area contributed by atoms with Gasteiger partial charge in [-0.25, -0.2) is 0 Å². The summed E-state index contributed by atoms with van der Waals surface area (Å²) in [6, 6.07) is 8.61. The maximum Gasteiger partial charge on any atom is 0.159 e. The highest BCUT2D eigenvalue weighted by Gasteiger charge is 2.28. The summed E-state index contributed by atoms with van der Waals surface area (Å²) >= 11 is 0. The second kappa shape index (κ2) is 5.31. The summed E-state index contributed by atoms with van der Waals surface area (Å²) in [5.41, 5.74) is 1.99. The van der Waals surface area contributed by atoms with E-state index in [1.54, 1.807) is 6.92 Å². The van der Waals surface area contributed by atoms with Crippen molar-refractivity contribution in [3.05, 3.63) is 29.8 Å². The van der Waals surface area contributed by atoms with E-state index in [1.165, 1.54) is 5.69 Å². The standard InChI is InChI=1S/C15H21N3O/c1-12(19)13-3-2-4-14(9-13)18-8-7-17-6-5-16-10-15(17)11-18/h2-4,9,15-16H,5-8,10-11H2,1H3. The Balaban J connectivity index is 1.75. The Kier molecular flexibility index (Phi) is 3.53. The Morgan fingerprint density at radius 1 is 1.32 bits per heavy atom. The average Bonchev–Trinajstić information content (AvgIpc) is 2.47. The quantitative estimate of drug-likeness (QED) is 0.803. The molecule has 2 fully saturated rings. The van der Waals surface area contributed by atoms with E-state index in [9.17, 15) is 4.79 Å². The first kappa shape index (κ1) is 12.6. The van der Waals surface area contributed by atoms with Crippen LogP contribution in [0, 0.1) is 0 Å². The lowest BCUT2D eigenvalue weighted by atomic mass is 10.1. The van der Waals surface area contributed by atoms with Crippen molar-refractivity contribution < 1.29 is 4.79 Å². The Hall–Kier alpha value is -1.39. The number of carbonyl (C=O) groups is 1. The number of ketones is 1. The number of Topliss-reactive ketones (excluding diaryl/α,β-unsaturated/α-hetero) is 1. The molecule has 0 amide bonds. The van der Waals surface area contributed by atoms with Crippen LogP contribution in [0.4, 0.5) is 5.69 Å². The van der Waals surface area contributed by atoms with Gasteiger partial charge >= 0.3 is 0 Å². The lowest BCUT2D eigenvalue weighted by Crippen LogP contribution is -2.61. The van der Waals surface area contributed by atoms with E-state index in [0.29, 0.717) is 6.04 Å². The SMILES string of the molecule is CC(=O)c1cccc(N2CCN3CCNCC3C2)c1. The lowest BCUT2D eigenvalue weighted by molar-refractivity contribution is 0.101. The predicted molar refractivity (Wildman–Crippen MR) is 76.9 cm³/mol. The normalized spacial score (nSPS) is 24.1. The van der Waals surface area contributed by atoms with Gasteiger partial charge in [0.05, 0.1) is 0 Å². The number of piperazine rings is 2. The molecule has 0 aliphatic carbocycles. The van der Waals surface area contributed by atoms with Gasteiger partial charge in [-0.1, -0.05) is 12.1 Å². The topological polar surface area (TPSA) is 35.6 Å². The van der Waals surface area contributed by atoms with Crippen molar-refractivity contribution in [2.45, 2.75) is 13.0 Å². The molecule has 19 heavy (non-hydrogen) atoms. The van der Waals surface area contributed by atoms with E-state index in [1.807, 2.05) is 18.2 Å². The molecule has 1 atom stereocenters. The number of hydrogen-bond acceptors (Lipinski definition) is 4. The van der Waals surface area contributed by atoms with Crippen molar-refractivity contribution in [3.8, 4) is 0 Å². The first-order chi connectivity index (χ1) is 9.24. The second-order valence-corrected chi connectivity index (χ2v) is 5.45. The number of carbonyl (C=O) groups excluding carboxylic acids is 1. The monoisotopic (exact) mass is 259 g/mol. The summed E-state index contributed by atoms with van der Waals surface area (Å²) in [4.78, 5) is 16.4. The average molecular weight is 259 g/mol. The number of nitrogens with one attached hydrogen (secondary N) is 1. The molecule has 1 N–H and O–H groups in total. The van der Waals surface area contributed by atoms with Crippen molar-refractivity contribution in [1.29, 1.82) is 0 Å². The fourth-order valence-electron chi connectivity index (χ4n) is 3.03. The van der Waals surface area contributed by atoms with Gasteiger partial charge in [0, 0.05) is 56.6 Å². The molecular weight excluding hydrogens is 238 g/mol. The van der Waals surface area contributed by atoms with Crippen molar-refractivity contribution in [1.82, 2.24) is 10.2 Å². The van der Waals surface area contributed by atoms with Crippen molar-refractivity contribution >= 4 is 11.5 Å². The van der Waals surface area contributed by atoms with E-state index in [4.69, 9.17) is 0 Å². The zero-order valence-corrected chi connectivity index (χ0v) is 11.4. The molecule has 3 rings (SSSR count). The minimum atomic E-state index is 0.139. The molecule has 4 heteroatoms. The van der Waals surface area contributed by atoms with Gasteiger partial charge in [-0.15, -0.1) is 0 Å². The Morgan fingerprint density at radius 2 is 2.21 bits per heavy atom. The molecule has 0 saturated carbocycles. The predicted octanol–water partition coefficient (Wildman–Crippen LogP) is 0.983. The molecule has 2 aliphatic heterocycles. The van der Waals surface area contributed by atoms with Crippen LogP contribution in [0.5, 0.6) is 0 Å². The summed E-state index contributed by atoms with van der Waals surface area (Å²) in [6.45, 7) is 8.19. The van der Waals surface area contributed by atoms with Gasteiger partial charge in [-0.2, -0.15) is 0 Å². The number of fused-ring (bicyclic) bond motifs is 1. The lowest BCUT2D eigenvalue weighted by Gasteiger charge is -2.45. The summed E-state index contributed by atoms with van der Waals surface area (Å²) in [7, 11) is 0. The van der Waals surface area contributed by atoms with Crippen molar-refractivity contribution in [2.24, 2.45) is 0 Å². The Bertz CT molecular complexity index is 474. The third-order valence-electron chi connectivity index (χ3n) is 4.18.